The van der Waals surface area contributed by atoms with Crippen LogP contribution in [0.1, 0.15) is 0 Å². The molecule has 0 aromatic rings. The van der Waals surface area contributed by atoms with Crippen LogP contribution in [0.3, 0.4) is 0 Å². The third kappa shape index (κ3) is 12.4. The summed E-state index contributed by atoms with van der Waals surface area (Å²) in [6, 6.07) is 0. The molecule has 0 aromatic heterocycles. The molecule has 17 heavy (non-hydrogen) atoms. The van der Waals surface area contributed by atoms with E-state index >= 15 is 0 Å². The Bertz CT molecular complexity index is 254. The third-order valence-corrected chi connectivity index (χ3v) is 1.59. The van der Waals surface area contributed by atoms with Crippen LogP contribution in [-0.2, 0) is 14.2 Å². The van der Waals surface area contributed by atoms with Crippen LogP contribution >= 0.6 is 0 Å². The molecule has 0 aliphatic rings. The van der Waals surface area contributed by atoms with Gasteiger partial charge in [0.1, 0.15) is 18.9 Å². The van der Waals surface area contributed by atoms with Gasteiger partial charge in [-0.25, -0.2) is 0 Å². The van der Waals surface area contributed by atoms with E-state index in [0.717, 1.165) is 6.21 Å². The summed E-state index contributed by atoms with van der Waals surface area (Å²) >= 11 is 0. The molecule has 0 heterocycles. The quantitative estimate of drug-likeness (QED) is 0.185. The highest BCUT2D eigenvalue weighted by Crippen LogP contribution is 1.94. The standard InChI is InChI=1S/C11H18N2O4/c1-11(3-2-4-12)17-10-9-16-8-7-15-6-5-13-14/h2-4,12H,1,5-10H2/b3-2-,12-4?. The highest BCUT2D eigenvalue weighted by molar-refractivity contribution is 5.68. The molecule has 0 aliphatic carbocycles. The Hall–Kier alpha value is -1.53. The molecular weight excluding hydrogens is 224 g/mol. The normalized spacial score (nSPS) is 10.4. The van der Waals surface area contributed by atoms with Crippen LogP contribution in [0.25, 0.3) is 0 Å². The van der Waals surface area contributed by atoms with E-state index in [4.69, 9.17) is 19.6 Å². The zero-order valence-electron chi connectivity index (χ0n) is 9.76. The molecule has 0 saturated heterocycles. The molecule has 6 heteroatoms. The fourth-order valence-corrected chi connectivity index (χ4v) is 0.859. The molecule has 6 nitrogen and oxygen atoms in total. The van der Waals surface area contributed by atoms with Crippen molar-refractivity contribution in [2.45, 2.75) is 0 Å². The fourth-order valence-electron chi connectivity index (χ4n) is 0.859. The summed E-state index contributed by atoms with van der Waals surface area (Å²) in [6.07, 6.45) is 4.28. The molecule has 0 fully saturated rings. The van der Waals surface area contributed by atoms with Crippen molar-refractivity contribution in [3.05, 3.63) is 29.4 Å². The molecule has 0 unspecified atom stereocenters. The van der Waals surface area contributed by atoms with Crippen molar-refractivity contribution in [3.63, 3.8) is 0 Å². The van der Waals surface area contributed by atoms with Gasteiger partial charge in [-0.2, -0.15) is 4.91 Å². The third-order valence-electron chi connectivity index (χ3n) is 1.59. The first-order chi connectivity index (χ1) is 8.31. The Morgan fingerprint density at radius 1 is 1.18 bits per heavy atom. The van der Waals surface area contributed by atoms with Crippen molar-refractivity contribution >= 4 is 6.21 Å². The van der Waals surface area contributed by atoms with E-state index in [1.165, 1.54) is 6.08 Å². The van der Waals surface area contributed by atoms with Crippen LogP contribution in [-0.4, -0.2) is 45.8 Å². The first-order valence-electron chi connectivity index (χ1n) is 5.24. The average molecular weight is 242 g/mol. The lowest BCUT2D eigenvalue weighted by atomic mass is 10.4. The Morgan fingerprint density at radius 3 is 2.47 bits per heavy atom. The number of allylic oxidation sites excluding steroid dienone is 2. The van der Waals surface area contributed by atoms with E-state index in [1.807, 2.05) is 0 Å². The van der Waals surface area contributed by atoms with E-state index in [0.29, 0.717) is 38.8 Å². The highest BCUT2D eigenvalue weighted by atomic mass is 16.5. The minimum atomic E-state index is 0.169. The van der Waals surface area contributed by atoms with Gasteiger partial charge >= 0.3 is 0 Å². The molecular formula is C11H18N2O4. The minimum Gasteiger partial charge on any atom is -0.492 e. The van der Waals surface area contributed by atoms with Gasteiger partial charge in [0.25, 0.3) is 0 Å². The van der Waals surface area contributed by atoms with Gasteiger partial charge in [0.05, 0.1) is 26.4 Å². The van der Waals surface area contributed by atoms with Gasteiger partial charge in [0.2, 0.25) is 0 Å². The van der Waals surface area contributed by atoms with Crippen LogP contribution in [0.4, 0.5) is 0 Å². The van der Waals surface area contributed by atoms with Gasteiger partial charge in [-0.3, -0.25) is 0 Å². The molecule has 0 aliphatic heterocycles. The summed E-state index contributed by atoms with van der Waals surface area (Å²) < 4.78 is 15.4. The summed E-state index contributed by atoms with van der Waals surface area (Å²) in [6.45, 7) is 5.85. The van der Waals surface area contributed by atoms with Gasteiger partial charge in [-0.05, 0) is 12.2 Å². The molecule has 0 rings (SSSR count). The van der Waals surface area contributed by atoms with Gasteiger partial charge in [-0.15, -0.1) is 0 Å². The smallest absolute Gasteiger partial charge is 0.112 e. The van der Waals surface area contributed by atoms with E-state index in [1.54, 1.807) is 6.08 Å². The molecule has 0 atom stereocenters. The lowest BCUT2D eigenvalue weighted by molar-refractivity contribution is 0.0305. The predicted molar refractivity (Wildman–Crippen MR) is 65.3 cm³/mol. The fraction of sp³-hybridized carbons (Fsp3) is 0.545. The Morgan fingerprint density at radius 2 is 1.82 bits per heavy atom. The van der Waals surface area contributed by atoms with Crippen molar-refractivity contribution < 1.29 is 14.2 Å². The summed E-state index contributed by atoms with van der Waals surface area (Å²) in [4.78, 5) is 9.71. The van der Waals surface area contributed by atoms with E-state index in [9.17, 15) is 4.91 Å². The predicted octanol–water partition coefficient (Wildman–Crippen LogP) is 1.52. The zero-order chi connectivity index (χ0) is 12.8. The van der Waals surface area contributed by atoms with Crippen molar-refractivity contribution in [1.82, 2.24) is 0 Å². The largest absolute Gasteiger partial charge is 0.492 e. The van der Waals surface area contributed by atoms with Crippen LogP contribution in [0.2, 0.25) is 0 Å². The molecule has 0 bridgehead atoms. The monoisotopic (exact) mass is 242 g/mol. The Kier molecular flexibility index (Phi) is 11.4. The number of hydrogen-bond acceptors (Lipinski definition) is 6. The van der Waals surface area contributed by atoms with Gasteiger partial charge in [-0.1, -0.05) is 11.8 Å². The van der Waals surface area contributed by atoms with Crippen molar-refractivity contribution in [2.24, 2.45) is 5.18 Å². The van der Waals surface area contributed by atoms with Gasteiger partial charge < -0.3 is 19.6 Å². The van der Waals surface area contributed by atoms with Crippen molar-refractivity contribution in [1.29, 1.82) is 5.41 Å². The second kappa shape index (κ2) is 12.5. The maximum atomic E-state index is 9.71. The van der Waals surface area contributed by atoms with Crippen LogP contribution < -0.4 is 0 Å². The lowest BCUT2D eigenvalue weighted by Crippen LogP contribution is -2.10. The van der Waals surface area contributed by atoms with Gasteiger partial charge in [0.15, 0.2) is 0 Å². The maximum absolute atomic E-state index is 9.71. The maximum Gasteiger partial charge on any atom is 0.112 e. The first kappa shape index (κ1) is 15.5. The molecule has 1 N–H and O–H groups in total. The highest BCUT2D eigenvalue weighted by Gasteiger charge is 1.92. The number of rotatable bonds is 12. The molecule has 0 spiro atoms. The van der Waals surface area contributed by atoms with Gasteiger partial charge in [0, 0.05) is 6.21 Å². The van der Waals surface area contributed by atoms with Crippen molar-refractivity contribution in [3.8, 4) is 0 Å². The molecule has 0 aromatic carbocycles. The Balaban J connectivity index is 3.18. The summed E-state index contributed by atoms with van der Waals surface area (Å²) in [5.74, 6) is 0.491. The summed E-state index contributed by atoms with van der Waals surface area (Å²) in [5, 5.41) is 9.42. The number of hydrogen-bond donors (Lipinski definition) is 1. The lowest BCUT2D eigenvalue weighted by Gasteiger charge is -2.06. The van der Waals surface area contributed by atoms with E-state index < -0.39 is 0 Å². The number of nitroso groups, excluding NO2 is 1. The molecule has 0 saturated carbocycles. The average Bonchev–Trinajstić information content (AvgIpc) is 2.34. The number of nitrogens with one attached hydrogen (secondary N) is 1. The van der Waals surface area contributed by atoms with Crippen molar-refractivity contribution in [2.75, 3.05) is 39.6 Å². The van der Waals surface area contributed by atoms with E-state index in [2.05, 4.69) is 11.8 Å². The SMILES string of the molecule is C=C(/C=C\C=N)OCCOCCOCCN=O. The zero-order valence-corrected chi connectivity index (χ0v) is 9.76. The molecule has 0 amide bonds. The number of ether oxygens (including phenoxy) is 3. The molecule has 0 radical (unpaired) electrons. The van der Waals surface area contributed by atoms with E-state index in [-0.39, 0.29) is 6.54 Å². The van der Waals surface area contributed by atoms with Crippen LogP contribution in [0, 0.1) is 10.3 Å². The Labute approximate surface area is 101 Å². The minimum absolute atomic E-state index is 0.169. The van der Waals surface area contributed by atoms with Crippen LogP contribution in [0.15, 0.2) is 29.7 Å². The van der Waals surface area contributed by atoms with Crippen LogP contribution in [0.5, 0.6) is 0 Å². The second-order valence-electron chi connectivity index (χ2n) is 2.92. The number of nitrogens with zero attached hydrogens (tertiary/aromatic N) is 1. The second-order valence-corrected chi connectivity index (χ2v) is 2.92. The first-order valence-corrected chi connectivity index (χ1v) is 5.24. The summed E-state index contributed by atoms with van der Waals surface area (Å²) in [7, 11) is 0. The summed E-state index contributed by atoms with van der Waals surface area (Å²) in [5.41, 5.74) is 0. The topological polar surface area (TPSA) is 81.0 Å². The molecule has 96 valence electrons.